The van der Waals surface area contributed by atoms with Gasteiger partial charge in [-0.25, -0.2) is 0 Å². The van der Waals surface area contributed by atoms with E-state index in [1.807, 2.05) is 37.3 Å². The van der Waals surface area contributed by atoms with Crippen molar-refractivity contribution in [1.29, 1.82) is 0 Å². The highest BCUT2D eigenvalue weighted by Gasteiger charge is 2.12. The molecule has 3 aromatic carbocycles. The lowest BCUT2D eigenvalue weighted by atomic mass is 10.1. The summed E-state index contributed by atoms with van der Waals surface area (Å²) in [6.07, 6.45) is 0. The fourth-order valence-corrected chi connectivity index (χ4v) is 3.25. The van der Waals surface area contributed by atoms with Crippen LogP contribution in [0, 0.1) is 6.92 Å². The van der Waals surface area contributed by atoms with Gasteiger partial charge in [-0.2, -0.15) is 0 Å². The minimum absolute atomic E-state index is 0.509. The first kappa shape index (κ1) is 20.0. The van der Waals surface area contributed by atoms with Gasteiger partial charge in [-0.3, -0.25) is 0 Å². The molecule has 5 heteroatoms. The summed E-state index contributed by atoms with van der Waals surface area (Å²) < 4.78 is 23.1. The molecule has 1 N–H and O–H groups in total. The van der Waals surface area contributed by atoms with Crippen molar-refractivity contribution >= 4 is 5.69 Å². The Morgan fingerprint density at radius 1 is 0.800 bits per heavy atom. The van der Waals surface area contributed by atoms with Gasteiger partial charge in [-0.15, -0.1) is 0 Å². The van der Waals surface area contributed by atoms with Crippen LogP contribution in [-0.2, 0) is 13.2 Å². The van der Waals surface area contributed by atoms with E-state index in [0.717, 1.165) is 39.8 Å². The summed E-state index contributed by atoms with van der Waals surface area (Å²) in [7, 11) is 0. The van der Waals surface area contributed by atoms with Gasteiger partial charge >= 0.3 is 0 Å². The average molecular weight is 405 g/mol. The smallest absolute Gasteiger partial charge is 0.163 e. The highest BCUT2D eigenvalue weighted by molar-refractivity contribution is 5.55. The molecule has 1 heterocycles. The Kier molecular flexibility index (Phi) is 6.28. The number of fused-ring (bicyclic) bond motifs is 1. The minimum atomic E-state index is 0.509. The predicted molar refractivity (Wildman–Crippen MR) is 118 cm³/mol. The molecule has 0 aromatic heterocycles. The molecule has 3 aromatic rings. The summed E-state index contributed by atoms with van der Waals surface area (Å²) in [6.45, 7) is 6.99. The molecule has 1 aliphatic rings. The zero-order chi connectivity index (χ0) is 20.8. The van der Waals surface area contributed by atoms with E-state index in [1.54, 1.807) is 0 Å². The van der Waals surface area contributed by atoms with Crippen molar-refractivity contribution in [3.8, 4) is 23.0 Å². The Labute approximate surface area is 177 Å². The van der Waals surface area contributed by atoms with Crippen LogP contribution in [-0.4, -0.2) is 19.8 Å². The third-order valence-electron chi connectivity index (χ3n) is 4.86. The topological polar surface area (TPSA) is 49.0 Å². The van der Waals surface area contributed by atoms with Crippen molar-refractivity contribution in [2.24, 2.45) is 0 Å². The number of rotatable bonds is 8. The summed E-state index contributed by atoms with van der Waals surface area (Å²) in [6, 6.07) is 20.3. The molecule has 0 fully saturated rings. The standard InChI is InChI=1S/C25H27NO4/c1-3-27-24-14-20(8-10-23(24)30-17-19-6-4-18(2)5-7-19)16-26-21-9-11-22-25(15-21)29-13-12-28-22/h4-11,14-15,26H,3,12-13,16-17H2,1-2H3. The van der Waals surface area contributed by atoms with E-state index in [2.05, 4.69) is 42.6 Å². The Morgan fingerprint density at radius 3 is 2.37 bits per heavy atom. The summed E-state index contributed by atoms with van der Waals surface area (Å²) >= 11 is 0. The van der Waals surface area contributed by atoms with Crippen LogP contribution in [0.1, 0.15) is 23.6 Å². The molecule has 0 saturated carbocycles. The molecule has 30 heavy (non-hydrogen) atoms. The molecule has 0 unspecified atom stereocenters. The molecule has 0 radical (unpaired) electrons. The monoisotopic (exact) mass is 405 g/mol. The molecule has 0 bridgehead atoms. The Bertz CT molecular complexity index is 985. The lowest BCUT2D eigenvalue weighted by Gasteiger charge is -2.19. The fraction of sp³-hybridized carbons (Fsp3) is 0.280. The van der Waals surface area contributed by atoms with E-state index in [-0.39, 0.29) is 0 Å². The lowest BCUT2D eigenvalue weighted by molar-refractivity contribution is 0.171. The maximum absolute atomic E-state index is 6.02. The first-order valence-corrected chi connectivity index (χ1v) is 10.3. The second kappa shape index (κ2) is 9.44. The van der Waals surface area contributed by atoms with Crippen LogP contribution in [0.4, 0.5) is 5.69 Å². The van der Waals surface area contributed by atoms with Crippen LogP contribution in [0.5, 0.6) is 23.0 Å². The quantitative estimate of drug-likeness (QED) is 0.547. The van der Waals surface area contributed by atoms with Gasteiger partial charge in [0.15, 0.2) is 23.0 Å². The average Bonchev–Trinajstić information content (AvgIpc) is 2.78. The van der Waals surface area contributed by atoms with Crippen molar-refractivity contribution in [1.82, 2.24) is 0 Å². The summed E-state index contributed by atoms with van der Waals surface area (Å²) in [5, 5.41) is 3.43. The molecule has 1 aliphatic heterocycles. The van der Waals surface area contributed by atoms with Gasteiger partial charge in [0, 0.05) is 18.3 Å². The highest BCUT2D eigenvalue weighted by Crippen LogP contribution is 2.33. The second-order valence-corrected chi connectivity index (χ2v) is 7.20. The van der Waals surface area contributed by atoms with E-state index in [4.69, 9.17) is 18.9 Å². The van der Waals surface area contributed by atoms with E-state index in [1.165, 1.54) is 5.56 Å². The molecule has 0 atom stereocenters. The molecule has 0 saturated heterocycles. The number of aryl methyl sites for hydroxylation is 1. The van der Waals surface area contributed by atoms with E-state index in [0.29, 0.717) is 33.0 Å². The van der Waals surface area contributed by atoms with Gasteiger partial charge in [0.25, 0.3) is 0 Å². The van der Waals surface area contributed by atoms with Gasteiger partial charge in [-0.05, 0) is 49.2 Å². The van der Waals surface area contributed by atoms with Crippen LogP contribution in [0.25, 0.3) is 0 Å². The predicted octanol–water partition coefficient (Wildman–Crippen LogP) is 5.36. The van der Waals surface area contributed by atoms with Crippen LogP contribution in [0.3, 0.4) is 0 Å². The third kappa shape index (κ3) is 4.98. The first-order chi connectivity index (χ1) is 14.7. The molecular formula is C25H27NO4. The van der Waals surface area contributed by atoms with Gasteiger partial charge in [0.2, 0.25) is 0 Å². The van der Waals surface area contributed by atoms with Crippen molar-refractivity contribution in [2.75, 3.05) is 25.1 Å². The van der Waals surface area contributed by atoms with Crippen LogP contribution >= 0.6 is 0 Å². The lowest BCUT2D eigenvalue weighted by Crippen LogP contribution is -2.15. The summed E-state index contributed by atoms with van der Waals surface area (Å²) in [5.74, 6) is 3.08. The first-order valence-electron chi connectivity index (χ1n) is 10.3. The van der Waals surface area contributed by atoms with Gasteiger partial charge in [0.05, 0.1) is 6.61 Å². The van der Waals surface area contributed by atoms with Crippen molar-refractivity contribution in [3.05, 3.63) is 77.4 Å². The molecule has 0 amide bonds. The molecule has 0 spiro atoms. The number of hydrogen-bond donors (Lipinski definition) is 1. The molecule has 4 rings (SSSR count). The normalized spacial score (nSPS) is 12.3. The fourth-order valence-electron chi connectivity index (χ4n) is 3.25. The number of nitrogens with one attached hydrogen (secondary N) is 1. The Hall–Kier alpha value is -3.34. The van der Waals surface area contributed by atoms with Crippen LogP contribution in [0.2, 0.25) is 0 Å². The third-order valence-corrected chi connectivity index (χ3v) is 4.86. The second-order valence-electron chi connectivity index (χ2n) is 7.20. The van der Waals surface area contributed by atoms with Gasteiger partial charge < -0.3 is 24.3 Å². The van der Waals surface area contributed by atoms with Crippen LogP contribution in [0.15, 0.2) is 60.7 Å². The van der Waals surface area contributed by atoms with E-state index in [9.17, 15) is 0 Å². The minimum Gasteiger partial charge on any atom is -0.490 e. The number of ether oxygens (including phenoxy) is 4. The highest BCUT2D eigenvalue weighted by atomic mass is 16.6. The van der Waals surface area contributed by atoms with Crippen molar-refractivity contribution in [3.63, 3.8) is 0 Å². The van der Waals surface area contributed by atoms with E-state index >= 15 is 0 Å². The zero-order valence-electron chi connectivity index (χ0n) is 17.4. The van der Waals surface area contributed by atoms with Gasteiger partial charge in [-0.1, -0.05) is 35.9 Å². The maximum atomic E-state index is 6.02. The number of benzene rings is 3. The Morgan fingerprint density at radius 2 is 1.57 bits per heavy atom. The number of hydrogen-bond acceptors (Lipinski definition) is 5. The van der Waals surface area contributed by atoms with Crippen molar-refractivity contribution in [2.45, 2.75) is 27.0 Å². The summed E-state index contributed by atoms with van der Waals surface area (Å²) in [4.78, 5) is 0. The molecule has 5 nitrogen and oxygen atoms in total. The maximum Gasteiger partial charge on any atom is 0.163 e. The SMILES string of the molecule is CCOc1cc(CNc2ccc3c(c2)OCCO3)ccc1OCc1ccc(C)cc1. The zero-order valence-corrected chi connectivity index (χ0v) is 17.4. The largest absolute Gasteiger partial charge is 0.490 e. The number of anilines is 1. The molecule has 0 aliphatic carbocycles. The van der Waals surface area contributed by atoms with Crippen molar-refractivity contribution < 1.29 is 18.9 Å². The molecule has 156 valence electrons. The molecular weight excluding hydrogens is 378 g/mol. The summed E-state index contributed by atoms with van der Waals surface area (Å²) in [5.41, 5.74) is 4.46. The van der Waals surface area contributed by atoms with E-state index < -0.39 is 0 Å². The Balaban J connectivity index is 1.41. The van der Waals surface area contributed by atoms with Crippen LogP contribution < -0.4 is 24.3 Å². The van der Waals surface area contributed by atoms with Gasteiger partial charge in [0.1, 0.15) is 19.8 Å².